The van der Waals surface area contributed by atoms with E-state index >= 15 is 0 Å². The molecule has 1 aromatic rings. The van der Waals surface area contributed by atoms with E-state index in [1.165, 1.54) is 12.8 Å². The minimum absolute atomic E-state index is 0.426. The van der Waals surface area contributed by atoms with Crippen LogP contribution in [0, 0.1) is 0 Å². The Bertz CT molecular complexity index is 486. The van der Waals surface area contributed by atoms with Crippen LogP contribution in [0.5, 0.6) is 0 Å². The maximum atomic E-state index is 6.48. The van der Waals surface area contributed by atoms with Gasteiger partial charge in [0.2, 0.25) is 0 Å². The molecule has 0 amide bonds. The minimum atomic E-state index is 0.426. The molecule has 21 heavy (non-hydrogen) atoms. The predicted molar refractivity (Wildman–Crippen MR) is 83.6 cm³/mol. The Balaban J connectivity index is 1.67. The van der Waals surface area contributed by atoms with E-state index in [0.717, 1.165) is 61.7 Å². The third-order valence-electron chi connectivity index (χ3n) is 4.42. The third kappa shape index (κ3) is 3.59. The number of hydrogen-bond acceptors (Lipinski definition) is 4. The van der Waals surface area contributed by atoms with Gasteiger partial charge in [-0.3, -0.25) is 9.58 Å². The Morgan fingerprint density at radius 2 is 2.24 bits per heavy atom. The molecule has 1 aromatic heterocycles. The molecule has 2 heterocycles. The van der Waals surface area contributed by atoms with Gasteiger partial charge in [0.25, 0.3) is 0 Å². The molecule has 0 spiro atoms. The SMILES string of the molecule is CCc1nn(C)c(CN2CCOCC2CNC2CC2)c1Cl. The van der Waals surface area contributed by atoms with Crippen molar-refractivity contribution in [3.05, 3.63) is 16.4 Å². The molecule has 1 unspecified atom stereocenters. The topological polar surface area (TPSA) is 42.3 Å². The summed E-state index contributed by atoms with van der Waals surface area (Å²) in [6, 6.07) is 1.16. The first-order chi connectivity index (χ1) is 10.2. The maximum absolute atomic E-state index is 6.48. The van der Waals surface area contributed by atoms with Gasteiger partial charge in [-0.2, -0.15) is 5.10 Å². The number of aromatic nitrogens is 2. The highest BCUT2D eigenvalue weighted by Crippen LogP contribution is 2.24. The van der Waals surface area contributed by atoms with Gasteiger partial charge in [-0.15, -0.1) is 0 Å². The summed E-state index contributed by atoms with van der Waals surface area (Å²) in [5.41, 5.74) is 2.11. The number of rotatable bonds is 6. The number of aryl methyl sites for hydroxylation is 2. The van der Waals surface area contributed by atoms with E-state index in [2.05, 4.69) is 22.2 Å². The first kappa shape index (κ1) is 15.3. The van der Waals surface area contributed by atoms with Gasteiger partial charge in [0.1, 0.15) is 0 Å². The molecule has 2 aliphatic rings. The third-order valence-corrected chi connectivity index (χ3v) is 4.86. The van der Waals surface area contributed by atoms with Gasteiger partial charge >= 0.3 is 0 Å². The molecule has 0 radical (unpaired) electrons. The summed E-state index contributed by atoms with van der Waals surface area (Å²) < 4.78 is 7.59. The van der Waals surface area contributed by atoms with Crippen molar-refractivity contribution in [3.8, 4) is 0 Å². The summed E-state index contributed by atoms with van der Waals surface area (Å²) in [6.07, 6.45) is 3.52. The van der Waals surface area contributed by atoms with Gasteiger partial charge in [0, 0.05) is 38.8 Å². The lowest BCUT2D eigenvalue weighted by Gasteiger charge is -2.35. The Morgan fingerprint density at radius 1 is 1.43 bits per heavy atom. The zero-order valence-corrected chi connectivity index (χ0v) is 13.7. The monoisotopic (exact) mass is 312 g/mol. The number of nitrogens with zero attached hydrogens (tertiary/aromatic N) is 3. The van der Waals surface area contributed by atoms with Crippen LogP contribution in [0.3, 0.4) is 0 Å². The highest BCUT2D eigenvalue weighted by atomic mass is 35.5. The molecular formula is C15H25ClN4O. The van der Waals surface area contributed by atoms with Gasteiger partial charge in [-0.05, 0) is 19.3 Å². The largest absolute Gasteiger partial charge is 0.378 e. The van der Waals surface area contributed by atoms with E-state index in [-0.39, 0.29) is 0 Å². The maximum Gasteiger partial charge on any atom is 0.0863 e. The minimum Gasteiger partial charge on any atom is -0.378 e. The Kier molecular flexibility index (Phi) is 4.84. The van der Waals surface area contributed by atoms with Crippen LogP contribution in [0.2, 0.25) is 5.02 Å². The van der Waals surface area contributed by atoms with Crippen LogP contribution in [0.15, 0.2) is 0 Å². The number of hydrogen-bond donors (Lipinski definition) is 1. The molecule has 3 rings (SSSR count). The highest BCUT2D eigenvalue weighted by Gasteiger charge is 2.28. The standard InChI is InChI=1S/C15H25ClN4O/c1-3-13-15(16)14(19(2)18-13)9-20-6-7-21-10-12(20)8-17-11-4-5-11/h11-12,17H,3-10H2,1-2H3. The van der Waals surface area contributed by atoms with E-state index in [9.17, 15) is 0 Å². The molecule has 1 aliphatic carbocycles. The summed E-state index contributed by atoms with van der Waals surface area (Å²) in [4.78, 5) is 2.47. The van der Waals surface area contributed by atoms with Gasteiger partial charge in [-0.25, -0.2) is 0 Å². The van der Waals surface area contributed by atoms with Crippen molar-refractivity contribution in [3.63, 3.8) is 0 Å². The molecule has 1 atom stereocenters. The Labute approximate surface area is 131 Å². The van der Waals surface area contributed by atoms with Crippen LogP contribution in [0.25, 0.3) is 0 Å². The van der Waals surface area contributed by atoms with Gasteiger partial charge < -0.3 is 10.1 Å². The number of morpholine rings is 1. The van der Waals surface area contributed by atoms with Crippen molar-refractivity contribution in [2.75, 3.05) is 26.3 Å². The second-order valence-corrected chi connectivity index (χ2v) is 6.44. The molecular weight excluding hydrogens is 288 g/mol. The lowest BCUT2D eigenvalue weighted by molar-refractivity contribution is -0.0120. The second-order valence-electron chi connectivity index (χ2n) is 6.07. The van der Waals surface area contributed by atoms with Crippen molar-refractivity contribution in [2.24, 2.45) is 7.05 Å². The zero-order chi connectivity index (χ0) is 14.8. The average molecular weight is 313 g/mol. The first-order valence-corrected chi connectivity index (χ1v) is 8.32. The van der Waals surface area contributed by atoms with Crippen molar-refractivity contribution in [1.82, 2.24) is 20.0 Å². The highest BCUT2D eigenvalue weighted by molar-refractivity contribution is 6.31. The van der Waals surface area contributed by atoms with Gasteiger partial charge in [0.15, 0.2) is 0 Å². The molecule has 2 fully saturated rings. The molecule has 5 nitrogen and oxygen atoms in total. The van der Waals surface area contributed by atoms with Crippen molar-refractivity contribution < 1.29 is 4.74 Å². The predicted octanol–water partition coefficient (Wildman–Crippen LogP) is 1.59. The van der Waals surface area contributed by atoms with Gasteiger partial charge in [-0.1, -0.05) is 18.5 Å². The van der Waals surface area contributed by atoms with Crippen molar-refractivity contribution in [1.29, 1.82) is 0 Å². The summed E-state index contributed by atoms with van der Waals surface area (Å²) in [7, 11) is 1.98. The number of halogens is 1. The zero-order valence-electron chi connectivity index (χ0n) is 12.9. The van der Waals surface area contributed by atoms with Crippen LogP contribution in [0.1, 0.15) is 31.2 Å². The second kappa shape index (κ2) is 6.65. The average Bonchev–Trinajstić information content (AvgIpc) is 3.28. The fourth-order valence-electron chi connectivity index (χ4n) is 2.86. The summed E-state index contributed by atoms with van der Waals surface area (Å²) >= 11 is 6.48. The Morgan fingerprint density at radius 3 is 2.90 bits per heavy atom. The van der Waals surface area contributed by atoms with Crippen LogP contribution < -0.4 is 5.32 Å². The van der Waals surface area contributed by atoms with Crippen LogP contribution in [-0.4, -0.2) is 53.1 Å². The molecule has 1 aliphatic heterocycles. The van der Waals surface area contributed by atoms with E-state index in [1.807, 2.05) is 11.7 Å². The molecule has 6 heteroatoms. The van der Waals surface area contributed by atoms with Gasteiger partial charge in [0.05, 0.1) is 29.6 Å². The number of nitrogens with one attached hydrogen (secondary N) is 1. The van der Waals surface area contributed by atoms with E-state index in [4.69, 9.17) is 16.3 Å². The molecule has 0 bridgehead atoms. The number of ether oxygens (including phenoxy) is 1. The smallest absolute Gasteiger partial charge is 0.0863 e. The molecule has 1 saturated heterocycles. The summed E-state index contributed by atoms with van der Waals surface area (Å²) in [5.74, 6) is 0. The van der Waals surface area contributed by atoms with Crippen LogP contribution in [-0.2, 0) is 24.8 Å². The quantitative estimate of drug-likeness (QED) is 0.866. The summed E-state index contributed by atoms with van der Waals surface area (Å²) in [5, 5.41) is 8.96. The van der Waals surface area contributed by atoms with Crippen molar-refractivity contribution >= 4 is 11.6 Å². The van der Waals surface area contributed by atoms with Crippen LogP contribution in [0.4, 0.5) is 0 Å². The van der Waals surface area contributed by atoms with E-state index in [0.29, 0.717) is 6.04 Å². The van der Waals surface area contributed by atoms with Crippen molar-refractivity contribution in [2.45, 2.75) is 44.8 Å². The normalized spacial score (nSPS) is 23.7. The molecule has 118 valence electrons. The molecule has 0 aromatic carbocycles. The lowest BCUT2D eigenvalue weighted by Crippen LogP contribution is -2.50. The molecule has 1 N–H and O–H groups in total. The Hall–Kier alpha value is -0.620. The molecule has 1 saturated carbocycles. The fourth-order valence-corrected chi connectivity index (χ4v) is 3.21. The van der Waals surface area contributed by atoms with E-state index in [1.54, 1.807) is 0 Å². The first-order valence-electron chi connectivity index (χ1n) is 7.94. The lowest BCUT2D eigenvalue weighted by atomic mass is 10.2. The van der Waals surface area contributed by atoms with E-state index < -0.39 is 0 Å². The fraction of sp³-hybridized carbons (Fsp3) is 0.800. The van der Waals surface area contributed by atoms with Crippen LogP contribution >= 0.6 is 11.6 Å². The summed E-state index contributed by atoms with van der Waals surface area (Å²) in [6.45, 7) is 6.50.